The number of hydrogen-bond donors (Lipinski definition) is 4. The van der Waals surface area contributed by atoms with Gasteiger partial charge >= 0.3 is 5.97 Å². The number of phenolic OH excluding ortho intramolecular Hbond substituents is 2. The third kappa shape index (κ3) is 10.9. The maximum Gasteiger partial charge on any atom is 0.331 e. The Morgan fingerprint density at radius 1 is 0.683 bits per heavy atom. The SMILES string of the molecule is CCCC(C)(C)c1cc(O)c2c(c1)OC(C)(C)[C@@H]1CC=C(C(=O)CC3CCCC3)C[C@@H]21.CCCC(C)(C)c1cc(O)c2c(c1)OC(C)(C)[C@@H]1CC=C(C(=O)O)C[C@@H]21.NC1CCCC1. The number of nitrogens with two attached hydrogens (primary N) is 1. The lowest BCUT2D eigenvalue weighted by molar-refractivity contribution is -0.133. The normalized spacial score (nSPS) is 24.9. The number of Topliss-reactive ketones (excluding diaryl/α,β-unsaturated/α-hetero) is 1. The maximum atomic E-state index is 13.1. The molecule has 8 nitrogen and oxygen atoms in total. The van der Waals surface area contributed by atoms with Crippen LogP contribution in [0.1, 0.15) is 212 Å². The van der Waals surface area contributed by atoms with E-state index in [1.54, 1.807) is 0 Å². The second-order valence-electron chi connectivity index (χ2n) is 22.4. The second kappa shape index (κ2) is 19.4. The Balaban J connectivity index is 0.000000187. The zero-order valence-corrected chi connectivity index (χ0v) is 40.5. The summed E-state index contributed by atoms with van der Waals surface area (Å²) >= 11 is 0. The predicted octanol–water partition coefficient (Wildman–Crippen LogP) is 13.2. The van der Waals surface area contributed by atoms with Gasteiger partial charge in [-0.1, -0.05) is 105 Å². The van der Waals surface area contributed by atoms with Crippen molar-refractivity contribution in [3.63, 3.8) is 0 Å². The van der Waals surface area contributed by atoms with Crippen molar-refractivity contribution in [3.05, 3.63) is 69.8 Å². The number of phenols is 2. The van der Waals surface area contributed by atoms with Crippen molar-refractivity contribution in [2.24, 2.45) is 23.5 Å². The fraction of sp³-hybridized carbons (Fsp3) is 0.673. The zero-order chi connectivity index (χ0) is 46.1. The molecule has 0 radical (unpaired) electrons. The van der Waals surface area contributed by atoms with Gasteiger partial charge in [0.1, 0.15) is 34.2 Å². The maximum absolute atomic E-state index is 13.1. The lowest BCUT2D eigenvalue weighted by Gasteiger charge is -2.47. The van der Waals surface area contributed by atoms with Crippen LogP contribution < -0.4 is 15.2 Å². The number of carbonyl (C=O) groups excluding carboxylic acids is 1. The van der Waals surface area contributed by atoms with Gasteiger partial charge in [0.05, 0.1) is 0 Å². The van der Waals surface area contributed by atoms with Crippen molar-refractivity contribution in [2.45, 2.75) is 218 Å². The fourth-order valence-electron chi connectivity index (χ4n) is 12.1. The van der Waals surface area contributed by atoms with Crippen LogP contribution in [0.25, 0.3) is 0 Å². The van der Waals surface area contributed by atoms with E-state index < -0.39 is 11.6 Å². The molecule has 2 aromatic rings. The van der Waals surface area contributed by atoms with E-state index in [9.17, 15) is 24.9 Å². The van der Waals surface area contributed by atoms with Crippen molar-refractivity contribution in [1.29, 1.82) is 0 Å². The average molecular weight is 868 g/mol. The molecule has 2 fully saturated rings. The van der Waals surface area contributed by atoms with Crippen LogP contribution in [0.3, 0.4) is 0 Å². The summed E-state index contributed by atoms with van der Waals surface area (Å²) < 4.78 is 12.9. The van der Waals surface area contributed by atoms with Gasteiger partial charge in [-0.15, -0.1) is 0 Å². The number of allylic oxidation sites excluding steroid dienone is 3. The Morgan fingerprint density at radius 3 is 1.49 bits per heavy atom. The Kier molecular flexibility index (Phi) is 15.0. The third-order valence-electron chi connectivity index (χ3n) is 15.9. The first-order chi connectivity index (χ1) is 29.6. The number of aromatic hydroxyl groups is 2. The summed E-state index contributed by atoms with van der Waals surface area (Å²) in [6.07, 6.45) is 21.8. The van der Waals surface area contributed by atoms with Crippen molar-refractivity contribution in [3.8, 4) is 23.0 Å². The van der Waals surface area contributed by atoms with Crippen LogP contribution in [-0.2, 0) is 20.4 Å². The van der Waals surface area contributed by atoms with Crippen LogP contribution in [0.4, 0.5) is 0 Å². The molecule has 8 rings (SSSR count). The van der Waals surface area contributed by atoms with E-state index in [-0.39, 0.29) is 45.9 Å². The summed E-state index contributed by atoms with van der Waals surface area (Å²) in [7, 11) is 0. The van der Waals surface area contributed by atoms with E-state index in [4.69, 9.17) is 15.2 Å². The average Bonchev–Trinajstić information content (AvgIpc) is 3.91. The highest BCUT2D eigenvalue weighted by atomic mass is 16.5. The largest absolute Gasteiger partial charge is 0.508 e. The molecule has 0 spiro atoms. The van der Waals surface area contributed by atoms with E-state index >= 15 is 0 Å². The number of benzene rings is 2. The van der Waals surface area contributed by atoms with Gasteiger partial charge in [0.2, 0.25) is 0 Å². The lowest BCUT2D eigenvalue weighted by atomic mass is 9.66. The van der Waals surface area contributed by atoms with Crippen molar-refractivity contribution < 1.29 is 34.4 Å². The highest BCUT2D eigenvalue weighted by Crippen LogP contribution is 2.57. The van der Waals surface area contributed by atoms with Gasteiger partial charge in [-0.25, -0.2) is 4.79 Å². The molecular weight excluding hydrogens is 787 g/mol. The molecule has 0 bridgehead atoms. The smallest absolute Gasteiger partial charge is 0.331 e. The van der Waals surface area contributed by atoms with Crippen LogP contribution in [0, 0.1) is 17.8 Å². The number of aliphatic carboxylic acids is 1. The zero-order valence-electron chi connectivity index (χ0n) is 40.5. The molecule has 0 amide bonds. The summed E-state index contributed by atoms with van der Waals surface area (Å²) in [6.45, 7) is 21.6. The molecule has 4 atom stereocenters. The highest BCUT2D eigenvalue weighted by molar-refractivity contribution is 5.96. The minimum Gasteiger partial charge on any atom is -0.508 e. The van der Waals surface area contributed by atoms with Crippen molar-refractivity contribution in [2.75, 3.05) is 0 Å². The molecule has 2 heterocycles. The molecule has 8 heteroatoms. The molecule has 0 unspecified atom stereocenters. The van der Waals surface area contributed by atoms with Gasteiger partial charge in [0.25, 0.3) is 0 Å². The number of carboxylic acid groups (broad SMARTS) is 1. The first-order valence-electron chi connectivity index (χ1n) is 24.6. The molecule has 348 valence electrons. The minimum absolute atomic E-state index is 0.0134. The quantitative estimate of drug-likeness (QED) is 0.185. The molecule has 0 saturated heterocycles. The molecule has 63 heavy (non-hydrogen) atoms. The van der Waals surface area contributed by atoms with Gasteiger partial charge < -0.3 is 30.5 Å². The molecular formula is C55H81NO7. The third-order valence-corrected chi connectivity index (χ3v) is 15.9. The first-order valence-corrected chi connectivity index (χ1v) is 24.6. The lowest BCUT2D eigenvalue weighted by Crippen LogP contribution is -2.46. The fourth-order valence-corrected chi connectivity index (χ4v) is 12.1. The first kappa shape index (κ1) is 48.7. The van der Waals surface area contributed by atoms with E-state index in [2.05, 4.69) is 87.4 Å². The number of ether oxygens (including phenoxy) is 2. The van der Waals surface area contributed by atoms with E-state index in [0.29, 0.717) is 54.1 Å². The van der Waals surface area contributed by atoms with Crippen LogP contribution in [0.2, 0.25) is 0 Å². The predicted molar refractivity (Wildman–Crippen MR) is 254 cm³/mol. The Morgan fingerprint density at radius 2 is 1.10 bits per heavy atom. The van der Waals surface area contributed by atoms with Gasteiger partial charge in [-0.3, -0.25) is 4.79 Å². The Labute approximate surface area is 379 Å². The Hall–Kier alpha value is -3.78. The van der Waals surface area contributed by atoms with E-state index in [1.165, 1.54) is 51.4 Å². The molecule has 2 aromatic carbocycles. The Bertz CT molecular complexity index is 2030. The summed E-state index contributed by atoms with van der Waals surface area (Å²) in [5.41, 5.74) is 10.0. The van der Waals surface area contributed by atoms with Crippen LogP contribution >= 0.6 is 0 Å². The van der Waals surface area contributed by atoms with Crippen LogP contribution in [-0.4, -0.2) is 44.3 Å². The number of rotatable bonds is 10. The summed E-state index contributed by atoms with van der Waals surface area (Å²) in [5.74, 6) is 2.65. The molecule has 6 aliphatic rings. The molecule has 4 aliphatic carbocycles. The van der Waals surface area contributed by atoms with Crippen LogP contribution in [0.15, 0.2) is 47.6 Å². The van der Waals surface area contributed by atoms with E-state index in [1.807, 2.05) is 18.2 Å². The number of hydrogen-bond acceptors (Lipinski definition) is 7. The van der Waals surface area contributed by atoms with Gasteiger partial charge in [-0.05, 0) is 137 Å². The van der Waals surface area contributed by atoms with Crippen molar-refractivity contribution >= 4 is 11.8 Å². The molecule has 0 aromatic heterocycles. The van der Waals surface area contributed by atoms with Crippen molar-refractivity contribution in [1.82, 2.24) is 0 Å². The van der Waals surface area contributed by atoms with Crippen LogP contribution in [0.5, 0.6) is 23.0 Å². The monoisotopic (exact) mass is 868 g/mol. The van der Waals surface area contributed by atoms with Gasteiger partial charge in [0, 0.05) is 52.8 Å². The minimum atomic E-state index is -0.866. The summed E-state index contributed by atoms with van der Waals surface area (Å²) in [5, 5.41) is 31.4. The summed E-state index contributed by atoms with van der Waals surface area (Å²) in [6, 6.07) is 8.56. The number of ketones is 1. The van der Waals surface area contributed by atoms with Gasteiger partial charge in [-0.2, -0.15) is 0 Å². The number of carbonyl (C=O) groups is 2. The second-order valence-corrected chi connectivity index (χ2v) is 22.4. The highest BCUT2D eigenvalue weighted by Gasteiger charge is 2.49. The summed E-state index contributed by atoms with van der Waals surface area (Å²) in [4.78, 5) is 24.6. The molecule has 5 N–H and O–H groups in total. The van der Waals surface area contributed by atoms with Gasteiger partial charge in [0.15, 0.2) is 5.78 Å². The standard InChI is InChI=1S/C28H40O3.C22H30O4.C5H11N/c1-6-13-27(2,3)20-16-24(30)26-21-15-19(23(29)14-18-9-7-8-10-18)11-12-22(21)28(4,5)31-25(26)17-20;1-6-9-21(2,3)14-11-17(23)19-15-10-13(20(24)25)7-8-16(15)22(4,5)26-18(19)12-14;6-5-3-1-2-4-5/h11,16-18,21-22,30H,6-10,12-15H2,1-5H3;7,11-12,15-16,23H,6,8-10H2,1-5H3,(H,24,25);5H,1-4,6H2/t21-,22-;15-,16-;/m11./s1. The number of fused-ring (bicyclic) bond motifs is 6. The molecule has 2 saturated carbocycles. The molecule has 2 aliphatic heterocycles. The van der Waals surface area contributed by atoms with E-state index in [0.717, 1.165) is 72.1 Å². The number of carboxylic acids is 1. The topological polar surface area (TPSA) is 139 Å².